The summed E-state index contributed by atoms with van der Waals surface area (Å²) in [5.41, 5.74) is 0. The van der Waals surface area contributed by atoms with Crippen LogP contribution in [0.25, 0.3) is 0 Å². The summed E-state index contributed by atoms with van der Waals surface area (Å²) in [6, 6.07) is 9.44. The van der Waals surface area contributed by atoms with Crippen molar-refractivity contribution in [3.8, 4) is 0 Å². The van der Waals surface area contributed by atoms with E-state index in [4.69, 9.17) is 11.6 Å². The summed E-state index contributed by atoms with van der Waals surface area (Å²) in [6.07, 6.45) is 0. The Balaban J connectivity index is 0.000000490. The van der Waals surface area contributed by atoms with Gasteiger partial charge in [0, 0.05) is 26.7 Å². The van der Waals surface area contributed by atoms with E-state index >= 15 is 0 Å². The van der Waals surface area contributed by atoms with Crippen molar-refractivity contribution >= 4 is 11.6 Å². The van der Waals surface area contributed by atoms with Gasteiger partial charge in [0.1, 0.15) is 0 Å². The van der Waals surface area contributed by atoms with Gasteiger partial charge in [-0.1, -0.05) is 29.8 Å². The Morgan fingerprint density at radius 3 is 1.75 bits per heavy atom. The van der Waals surface area contributed by atoms with Gasteiger partial charge >= 0.3 is 0 Å². The first kappa shape index (κ1) is 8.22. The van der Waals surface area contributed by atoms with E-state index in [2.05, 4.69) is 0 Å². The molecule has 0 atom stereocenters. The second kappa shape index (κ2) is 4.14. The molecule has 1 rings (SSSR count). The van der Waals surface area contributed by atoms with Crippen LogP contribution in [0.4, 0.5) is 0 Å². The fourth-order valence-corrected chi connectivity index (χ4v) is 0.560. The van der Waals surface area contributed by atoms with Gasteiger partial charge in [0.2, 0.25) is 0 Å². The zero-order valence-electron chi connectivity index (χ0n) is 4.26. The van der Waals surface area contributed by atoms with E-state index in [0.717, 1.165) is 5.02 Å². The van der Waals surface area contributed by atoms with Crippen LogP contribution >= 0.6 is 11.6 Å². The van der Waals surface area contributed by atoms with E-state index in [0.29, 0.717) is 0 Å². The smallest absolute Gasteiger partial charge is 0.0405 e. The number of hydrogen-bond donors (Lipinski definition) is 0. The van der Waals surface area contributed by atoms with Crippen LogP contribution in [0.3, 0.4) is 0 Å². The zero-order chi connectivity index (χ0) is 5.11. The van der Waals surface area contributed by atoms with Crippen LogP contribution in [0.5, 0.6) is 0 Å². The summed E-state index contributed by atoms with van der Waals surface area (Å²) in [5.74, 6) is 0. The van der Waals surface area contributed by atoms with Crippen molar-refractivity contribution in [1.82, 2.24) is 0 Å². The summed E-state index contributed by atoms with van der Waals surface area (Å²) in [7, 11) is 0. The minimum atomic E-state index is 0. The second-order valence-electron chi connectivity index (χ2n) is 1.30. The molecule has 1 aromatic carbocycles. The Bertz CT molecular complexity index is 138. The van der Waals surface area contributed by atoms with Gasteiger partial charge in [-0.2, -0.15) is 0 Å². The van der Waals surface area contributed by atoms with Crippen molar-refractivity contribution in [3.63, 3.8) is 0 Å². The molecule has 0 saturated carbocycles. The summed E-state index contributed by atoms with van der Waals surface area (Å²) >= 11 is 5.54. The Labute approximate surface area is 68.7 Å². The molecular weight excluding hydrogens is 155 g/mol. The molecule has 0 radical (unpaired) electrons. The molecular formula is C6H5ClTi. The molecule has 0 nitrogen and oxygen atoms in total. The maximum absolute atomic E-state index is 5.54. The molecule has 40 valence electrons. The van der Waals surface area contributed by atoms with Gasteiger partial charge in [0.15, 0.2) is 0 Å². The van der Waals surface area contributed by atoms with E-state index in [9.17, 15) is 0 Å². The predicted octanol–water partition coefficient (Wildman–Crippen LogP) is 2.34. The molecule has 0 N–H and O–H groups in total. The maximum atomic E-state index is 5.54. The first-order chi connectivity index (χ1) is 3.39. The molecule has 1 aromatic rings. The molecule has 0 saturated heterocycles. The van der Waals surface area contributed by atoms with Gasteiger partial charge in [0.05, 0.1) is 0 Å². The Morgan fingerprint density at radius 2 is 1.50 bits per heavy atom. The van der Waals surface area contributed by atoms with E-state index in [-0.39, 0.29) is 21.7 Å². The Kier molecular flexibility index (Phi) is 4.25. The van der Waals surface area contributed by atoms with E-state index in [1.165, 1.54) is 0 Å². The molecule has 0 aromatic heterocycles. The SMILES string of the molecule is Clc1ccccc1.[Ti]. The fraction of sp³-hybridized carbons (Fsp3) is 0. The number of benzene rings is 1. The Hall–Kier alpha value is 0.224. The van der Waals surface area contributed by atoms with Gasteiger partial charge in [-0.15, -0.1) is 0 Å². The van der Waals surface area contributed by atoms with Crippen LogP contribution in [-0.2, 0) is 21.7 Å². The molecule has 0 heterocycles. The molecule has 0 aliphatic rings. The van der Waals surface area contributed by atoms with Gasteiger partial charge in [-0.05, 0) is 12.1 Å². The minimum absolute atomic E-state index is 0. The fourth-order valence-electron chi connectivity index (χ4n) is 0.415. The standard InChI is InChI=1S/C6H5Cl.Ti/c7-6-4-2-1-3-5-6;/h1-5H;. The molecule has 2 heteroatoms. The van der Waals surface area contributed by atoms with Crippen molar-refractivity contribution in [2.75, 3.05) is 0 Å². The van der Waals surface area contributed by atoms with Crippen LogP contribution < -0.4 is 0 Å². The molecule has 0 aliphatic heterocycles. The van der Waals surface area contributed by atoms with Crippen molar-refractivity contribution in [2.24, 2.45) is 0 Å². The van der Waals surface area contributed by atoms with E-state index in [1.807, 2.05) is 30.3 Å². The van der Waals surface area contributed by atoms with Gasteiger partial charge in [-0.25, -0.2) is 0 Å². The number of halogens is 1. The summed E-state index contributed by atoms with van der Waals surface area (Å²) < 4.78 is 0. The van der Waals surface area contributed by atoms with Crippen LogP contribution in [0.2, 0.25) is 5.02 Å². The molecule has 0 unspecified atom stereocenters. The topological polar surface area (TPSA) is 0 Å². The van der Waals surface area contributed by atoms with Crippen molar-refractivity contribution < 1.29 is 21.7 Å². The minimum Gasteiger partial charge on any atom is -0.0843 e. The van der Waals surface area contributed by atoms with Crippen molar-refractivity contribution in [3.05, 3.63) is 35.4 Å². The second-order valence-corrected chi connectivity index (χ2v) is 1.73. The van der Waals surface area contributed by atoms with Crippen LogP contribution in [0.15, 0.2) is 30.3 Å². The quantitative estimate of drug-likeness (QED) is 0.511. The average Bonchev–Trinajstić information content (AvgIpc) is 1.69. The molecule has 0 amide bonds. The summed E-state index contributed by atoms with van der Waals surface area (Å²) in [6.45, 7) is 0. The molecule has 8 heavy (non-hydrogen) atoms. The predicted molar refractivity (Wildman–Crippen MR) is 31.5 cm³/mol. The largest absolute Gasteiger partial charge is 0.0843 e. The average molecular weight is 160 g/mol. The number of hydrogen-bond acceptors (Lipinski definition) is 0. The van der Waals surface area contributed by atoms with E-state index < -0.39 is 0 Å². The maximum Gasteiger partial charge on any atom is 0.0405 e. The van der Waals surface area contributed by atoms with Gasteiger partial charge in [-0.3, -0.25) is 0 Å². The monoisotopic (exact) mass is 160 g/mol. The third kappa shape index (κ3) is 2.51. The summed E-state index contributed by atoms with van der Waals surface area (Å²) in [5, 5.41) is 0.794. The van der Waals surface area contributed by atoms with Gasteiger partial charge < -0.3 is 0 Å². The first-order valence-electron chi connectivity index (χ1n) is 2.10. The zero-order valence-corrected chi connectivity index (χ0v) is 6.58. The van der Waals surface area contributed by atoms with Crippen molar-refractivity contribution in [1.29, 1.82) is 0 Å². The third-order valence-electron chi connectivity index (χ3n) is 0.733. The van der Waals surface area contributed by atoms with Crippen LogP contribution in [0.1, 0.15) is 0 Å². The summed E-state index contributed by atoms with van der Waals surface area (Å²) in [4.78, 5) is 0. The van der Waals surface area contributed by atoms with Crippen LogP contribution in [-0.4, -0.2) is 0 Å². The molecule has 0 bridgehead atoms. The van der Waals surface area contributed by atoms with E-state index in [1.54, 1.807) is 0 Å². The third-order valence-corrected chi connectivity index (χ3v) is 0.985. The van der Waals surface area contributed by atoms with Crippen molar-refractivity contribution in [2.45, 2.75) is 0 Å². The molecule has 0 aliphatic carbocycles. The number of rotatable bonds is 0. The molecule has 0 fully saturated rings. The first-order valence-corrected chi connectivity index (χ1v) is 2.48. The normalized spacial score (nSPS) is 7.62. The molecule has 0 spiro atoms. The van der Waals surface area contributed by atoms with Gasteiger partial charge in [0.25, 0.3) is 0 Å². The van der Waals surface area contributed by atoms with Crippen LogP contribution in [0, 0.1) is 0 Å². The Morgan fingerprint density at radius 1 is 1.00 bits per heavy atom.